The number of nitrogens with zero attached hydrogens (tertiary/aromatic N) is 4. The van der Waals surface area contributed by atoms with E-state index in [0.717, 1.165) is 51.4 Å². The molecule has 5 rings (SSSR count). The van der Waals surface area contributed by atoms with Crippen LogP contribution in [-0.4, -0.2) is 70.5 Å². The number of likely N-dealkylation sites (tertiary alicyclic amines) is 1. The van der Waals surface area contributed by atoms with Crippen LogP contribution in [0.1, 0.15) is 42.6 Å². The molecule has 5 nitrogen and oxygen atoms in total. The van der Waals surface area contributed by atoms with E-state index >= 15 is 0 Å². The van der Waals surface area contributed by atoms with Crippen LogP contribution in [0.5, 0.6) is 0 Å². The minimum Gasteiger partial charge on any atom is -0.347 e. The van der Waals surface area contributed by atoms with Crippen LogP contribution in [0.3, 0.4) is 0 Å². The van der Waals surface area contributed by atoms with Gasteiger partial charge < -0.3 is 9.47 Å². The fourth-order valence-electron chi connectivity index (χ4n) is 5.68. The quantitative estimate of drug-likeness (QED) is 0.536. The van der Waals surface area contributed by atoms with Crippen LogP contribution in [0.2, 0.25) is 0 Å². The van der Waals surface area contributed by atoms with Crippen molar-refractivity contribution < 1.29 is 4.79 Å². The van der Waals surface area contributed by atoms with Gasteiger partial charge in [0, 0.05) is 74.5 Å². The number of aromatic nitrogens is 1. The molecule has 3 heterocycles. The number of fused-ring (bicyclic) bond motifs is 1. The third-order valence-electron chi connectivity index (χ3n) is 7.66. The average molecular weight is 459 g/mol. The number of amides is 1. The molecule has 0 radical (unpaired) electrons. The molecule has 0 bridgehead atoms. The molecule has 1 aromatic heterocycles. The van der Waals surface area contributed by atoms with E-state index < -0.39 is 0 Å². The first-order chi connectivity index (χ1) is 16.6. The van der Waals surface area contributed by atoms with E-state index in [0.29, 0.717) is 12.0 Å². The monoisotopic (exact) mass is 458 g/mol. The number of hydrogen-bond acceptors (Lipinski definition) is 3. The Morgan fingerprint density at radius 3 is 2.53 bits per heavy atom. The average Bonchev–Trinajstić information content (AvgIpc) is 3.26. The van der Waals surface area contributed by atoms with Gasteiger partial charge in [-0.05, 0) is 69.0 Å². The van der Waals surface area contributed by atoms with Crippen LogP contribution in [0, 0.1) is 5.92 Å². The van der Waals surface area contributed by atoms with Gasteiger partial charge in [0.05, 0.1) is 0 Å². The van der Waals surface area contributed by atoms with E-state index in [1.54, 1.807) is 0 Å². The largest absolute Gasteiger partial charge is 0.347 e. The molecule has 2 saturated heterocycles. The van der Waals surface area contributed by atoms with Gasteiger partial charge in [-0.15, -0.1) is 0 Å². The lowest BCUT2D eigenvalue weighted by atomic mass is 9.97. The smallest absolute Gasteiger partial charge is 0.253 e. The minimum atomic E-state index is 0.168. The van der Waals surface area contributed by atoms with Crippen LogP contribution in [-0.2, 0) is 13.1 Å². The van der Waals surface area contributed by atoms with Crippen molar-refractivity contribution in [2.24, 2.45) is 5.92 Å². The molecule has 2 fully saturated rings. The van der Waals surface area contributed by atoms with E-state index in [1.165, 1.54) is 35.9 Å². The molecular formula is C29H38N4O. The first kappa shape index (κ1) is 23.1. The van der Waals surface area contributed by atoms with Gasteiger partial charge in [0.1, 0.15) is 0 Å². The highest BCUT2D eigenvalue weighted by Crippen LogP contribution is 2.24. The van der Waals surface area contributed by atoms with Crippen LogP contribution < -0.4 is 0 Å². The molecular weight excluding hydrogens is 420 g/mol. The predicted molar refractivity (Wildman–Crippen MR) is 139 cm³/mol. The summed E-state index contributed by atoms with van der Waals surface area (Å²) in [6.45, 7) is 12.4. The SMILES string of the molecule is CC(C)N1CCN(C(=O)c2ccc3c(ccn3CC3CCCN(Cc4ccccc4)C3)c2)CC1. The number of rotatable bonds is 6. The second kappa shape index (κ2) is 10.3. The van der Waals surface area contributed by atoms with Crippen LogP contribution in [0.25, 0.3) is 10.9 Å². The highest BCUT2D eigenvalue weighted by atomic mass is 16.2. The molecule has 1 unspecified atom stereocenters. The molecule has 5 heteroatoms. The summed E-state index contributed by atoms with van der Waals surface area (Å²) in [5.74, 6) is 0.827. The zero-order valence-corrected chi connectivity index (χ0v) is 20.7. The van der Waals surface area contributed by atoms with Crippen LogP contribution in [0.4, 0.5) is 0 Å². The van der Waals surface area contributed by atoms with Crippen molar-refractivity contribution >= 4 is 16.8 Å². The summed E-state index contributed by atoms with van der Waals surface area (Å²) >= 11 is 0. The third kappa shape index (κ3) is 5.21. The topological polar surface area (TPSA) is 31.7 Å². The van der Waals surface area contributed by atoms with E-state index in [-0.39, 0.29) is 5.91 Å². The first-order valence-electron chi connectivity index (χ1n) is 13.0. The second-order valence-electron chi connectivity index (χ2n) is 10.4. The number of carbonyl (C=O) groups excluding carboxylic acids is 1. The molecule has 34 heavy (non-hydrogen) atoms. The Balaban J connectivity index is 1.22. The summed E-state index contributed by atoms with van der Waals surface area (Å²) in [5.41, 5.74) is 3.45. The minimum absolute atomic E-state index is 0.168. The first-order valence-corrected chi connectivity index (χ1v) is 13.0. The van der Waals surface area contributed by atoms with Crippen molar-refractivity contribution in [3.8, 4) is 0 Å². The third-order valence-corrected chi connectivity index (χ3v) is 7.66. The van der Waals surface area contributed by atoms with Crippen molar-refractivity contribution in [3.05, 3.63) is 71.9 Å². The highest BCUT2D eigenvalue weighted by molar-refractivity contribution is 5.98. The Labute approximate surface area is 203 Å². The molecule has 0 aliphatic carbocycles. The van der Waals surface area contributed by atoms with Crippen molar-refractivity contribution in [1.29, 1.82) is 0 Å². The van der Waals surface area contributed by atoms with Crippen LogP contribution in [0.15, 0.2) is 60.8 Å². The van der Waals surface area contributed by atoms with Crippen molar-refractivity contribution in [3.63, 3.8) is 0 Å². The molecule has 0 N–H and O–H groups in total. The maximum atomic E-state index is 13.1. The summed E-state index contributed by atoms with van der Waals surface area (Å²) in [7, 11) is 0. The maximum absolute atomic E-state index is 13.1. The molecule has 0 spiro atoms. The molecule has 0 saturated carbocycles. The number of piperidine rings is 1. The van der Waals surface area contributed by atoms with Gasteiger partial charge in [-0.25, -0.2) is 0 Å². The lowest BCUT2D eigenvalue weighted by Crippen LogP contribution is -2.50. The Kier molecular flexibility index (Phi) is 7.02. The second-order valence-corrected chi connectivity index (χ2v) is 10.4. The molecule has 180 valence electrons. The number of piperazine rings is 1. The molecule has 2 aliphatic heterocycles. The van der Waals surface area contributed by atoms with Gasteiger partial charge in [-0.2, -0.15) is 0 Å². The number of carbonyl (C=O) groups is 1. The van der Waals surface area contributed by atoms with Gasteiger partial charge in [0.15, 0.2) is 0 Å². The fourth-order valence-corrected chi connectivity index (χ4v) is 5.68. The molecule has 3 aromatic rings. The lowest BCUT2D eigenvalue weighted by Gasteiger charge is -2.37. The van der Waals surface area contributed by atoms with Gasteiger partial charge >= 0.3 is 0 Å². The maximum Gasteiger partial charge on any atom is 0.253 e. The van der Waals surface area contributed by atoms with Crippen molar-refractivity contribution in [2.45, 2.75) is 45.8 Å². The summed E-state index contributed by atoms with van der Waals surface area (Å²) < 4.78 is 2.39. The Bertz CT molecular complexity index is 1100. The number of hydrogen-bond donors (Lipinski definition) is 0. The lowest BCUT2D eigenvalue weighted by molar-refractivity contribution is 0.0595. The van der Waals surface area contributed by atoms with E-state index in [9.17, 15) is 4.79 Å². The van der Waals surface area contributed by atoms with Gasteiger partial charge in [0.2, 0.25) is 0 Å². The fraction of sp³-hybridized carbons (Fsp3) is 0.483. The Morgan fingerprint density at radius 1 is 0.971 bits per heavy atom. The molecule has 1 atom stereocenters. The zero-order chi connectivity index (χ0) is 23.5. The van der Waals surface area contributed by atoms with E-state index in [1.807, 2.05) is 11.0 Å². The molecule has 1 amide bonds. The Hall–Kier alpha value is -2.63. The predicted octanol–water partition coefficient (Wildman–Crippen LogP) is 4.72. The van der Waals surface area contributed by atoms with Crippen molar-refractivity contribution in [2.75, 3.05) is 39.3 Å². The summed E-state index contributed by atoms with van der Waals surface area (Å²) in [5, 5.41) is 1.17. The van der Waals surface area contributed by atoms with Crippen LogP contribution >= 0.6 is 0 Å². The van der Waals surface area contributed by atoms with E-state index in [4.69, 9.17) is 0 Å². The highest BCUT2D eigenvalue weighted by Gasteiger charge is 2.24. The Morgan fingerprint density at radius 2 is 1.76 bits per heavy atom. The van der Waals surface area contributed by atoms with Gasteiger partial charge in [-0.1, -0.05) is 30.3 Å². The van der Waals surface area contributed by atoms with Gasteiger partial charge in [0.25, 0.3) is 5.91 Å². The van der Waals surface area contributed by atoms with E-state index in [2.05, 4.69) is 82.9 Å². The van der Waals surface area contributed by atoms with Crippen molar-refractivity contribution in [1.82, 2.24) is 19.3 Å². The number of benzene rings is 2. The summed E-state index contributed by atoms with van der Waals surface area (Å²) in [4.78, 5) is 20.2. The summed E-state index contributed by atoms with van der Waals surface area (Å²) in [6, 6.07) is 19.8. The zero-order valence-electron chi connectivity index (χ0n) is 20.7. The summed E-state index contributed by atoms with van der Waals surface area (Å²) in [6.07, 6.45) is 4.75. The van der Waals surface area contributed by atoms with Gasteiger partial charge in [-0.3, -0.25) is 14.6 Å². The standard InChI is InChI=1S/C29H38N4O/c1-23(2)31-15-17-32(18-16-31)29(34)27-10-11-28-26(19-27)12-14-33(28)22-25-9-6-13-30(21-25)20-24-7-4-3-5-8-24/h3-5,7-8,10-12,14,19,23,25H,6,9,13,15-18,20-22H2,1-2H3. The molecule has 2 aromatic carbocycles. The molecule has 2 aliphatic rings. The normalized spacial score (nSPS) is 20.3.